The number of anilines is 2. The lowest BCUT2D eigenvalue weighted by atomic mass is 10.00. The Balaban J connectivity index is 2.32. The van der Waals surface area contributed by atoms with Crippen LogP contribution >= 0.6 is 0 Å². The summed E-state index contributed by atoms with van der Waals surface area (Å²) in [4.78, 5) is 4.09. The third kappa shape index (κ3) is 4.91. The second-order valence-corrected chi connectivity index (χ2v) is 5.20. The van der Waals surface area contributed by atoms with E-state index in [1.807, 2.05) is 0 Å². The van der Waals surface area contributed by atoms with Gasteiger partial charge < -0.3 is 31.4 Å². The molecule has 0 aliphatic heterocycles. The van der Waals surface area contributed by atoms with Gasteiger partial charge in [-0.3, -0.25) is 0 Å². The summed E-state index contributed by atoms with van der Waals surface area (Å²) in [5.74, 6) is -0.203. The van der Waals surface area contributed by atoms with E-state index >= 15 is 0 Å². The van der Waals surface area contributed by atoms with Crippen molar-refractivity contribution >= 4 is 17.2 Å². The molecule has 2 rings (SSSR count). The summed E-state index contributed by atoms with van der Waals surface area (Å²) >= 11 is 0. The molecule has 0 radical (unpaired) electrons. The van der Waals surface area contributed by atoms with Crippen molar-refractivity contribution < 1.29 is 28.1 Å². The van der Waals surface area contributed by atoms with Crippen LogP contribution < -0.4 is 15.8 Å². The predicted octanol–water partition coefficient (Wildman–Crippen LogP) is 2.08. The highest BCUT2D eigenvalue weighted by molar-refractivity contribution is 6.05. The molecule has 2 aromatic rings. The number of halogens is 3. The number of hydrogen-bond acceptors (Lipinski definition) is 7. The number of rotatable bonds is 7. The van der Waals surface area contributed by atoms with Crippen LogP contribution in [0.25, 0.3) is 0 Å². The summed E-state index contributed by atoms with van der Waals surface area (Å²) in [5.41, 5.74) is 6.34. The molecule has 1 aromatic heterocycles. The number of nitrogens with one attached hydrogen (secondary N) is 2. The van der Waals surface area contributed by atoms with Gasteiger partial charge in [0, 0.05) is 24.0 Å². The monoisotopic (exact) mass is 370 g/mol. The Hall–Kier alpha value is -2.69. The van der Waals surface area contributed by atoms with Crippen LogP contribution in [0.15, 0.2) is 36.5 Å². The van der Waals surface area contributed by atoms with Crippen molar-refractivity contribution in [1.29, 1.82) is 5.41 Å². The molecule has 0 saturated carbocycles. The molecular formula is C16H17F3N4O3. The van der Waals surface area contributed by atoms with Crippen LogP contribution in [0.2, 0.25) is 0 Å². The molecule has 1 unspecified atom stereocenters. The first-order chi connectivity index (χ1) is 12.2. The van der Waals surface area contributed by atoms with Gasteiger partial charge in [-0.2, -0.15) is 0 Å². The first kappa shape index (κ1) is 19.6. The molecule has 0 fully saturated rings. The zero-order valence-corrected chi connectivity index (χ0v) is 13.4. The fourth-order valence-electron chi connectivity index (χ4n) is 2.24. The Morgan fingerprint density at radius 2 is 1.92 bits per heavy atom. The maximum atomic E-state index is 12.2. The molecule has 10 heteroatoms. The van der Waals surface area contributed by atoms with Crippen LogP contribution in [0.1, 0.15) is 17.2 Å². The van der Waals surface area contributed by atoms with Crippen LogP contribution in [0.4, 0.5) is 24.7 Å². The minimum Gasteiger partial charge on any atom is -0.406 e. The Kier molecular flexibility index (Phi) is 6.14. The molecule has 26 heavy (non-hydrogen) atoms. The fourth-order valence-corrected chi connectivity index (χ4v) is 2.24. The normalized spacial score (nSPS) is 12.5. The summed E-state index contributed by atoms with van der Waals surface area (Å²) in [5, 5.41) is 29.9. The van der Waals surface area contributed by atoms with Gasteiger partial charge in [0.1, 0.15) is 17.7 Å². The third-order valence-corrected chi connectivity index (χ3v) is 3.37. The fraction of sp³-hybridized carbons (Fsp3) is 0.250. The third-order valence-electron chi connectivity index (χ3n) is 3.37. The largest absolute Gasteiger partial charge is 0.573 e. The van der Waals surface area contributed by atoms with Crippen LogP contribution in [-0.4, -0.2) is 40.4 Å². The van der Waals surface area contributed by atoms with E-state index < -0.39 is 19.1 Å². The van der Waals surface area contributed by atoms with Gasteiger partial charge in [0.05, 0.1) is 12.3 Å². The molecular weight excluding hydrogens is 353 g/mol. The van der Waals surface area contributed by atoms with E-state index in [0.717, 1.165) is 12.1 Å². The summed E-state index contributed by atoms with van der Waals surface area (Å²) in [7, 11) is 0. The average molecular weight is 370 g/mol. The quantitative estimate of drug-likeness (QED) is 0.475. The van der Waals surface area contributed by atoms with Gasteiger partial charge >= 0.3 is 6.36 Å². The van der Waals surface area contributed by atoms with Crippen molar-refractivity contribution in [3.05, 3.63) is 47.7 Å². The zero-order chi connectivity index (χ0) is 19.3. The summed E-state index contributed by atoms with van der Waals surface area (Å²) in [6.45, 7) is -0.693. The molecule has 1 aromatic carbocycles. The lowest BCUT2D eigenvalue weighted by Crippen LogP contribution is -2.20. The zero-order valence-electron chi connectivity index (χ0n) is 13.4. The second-order valence-electron chi connectivity index (χ2n) is 5.20. The van der Waals surface area contributed by atoms with Gasteiger partial charge in [0.2, 0.25) is 0 Å². The number of benzene rings is 1. The lowest BCUT2D eigenvalue weighted by Gasteiger charge is -2.18. The molecule has 0 saturated heterocycles. The van der Waals surface area contributed by atoms with Crippen molar-refractivity contribution in [2.75, 3.05) is 18.5 Å². The highest BCUT2D eigenvalue weighted by Gasteiger charge is 2.31. The van der Waals surface area contributed by atoms with Gasteiger partial charge in [-0.05, 0) is 35.9 Å². The Morgan fingerprint density at radius 3 is 2.46 bits per heavy atom. The van der Waals surface area contributed by atoms with Gasteiger partial charge in [-0.15, -0.1) is 13.2 Å². The van der Waals surface area contributed by atoms with Gasteiger partial charge in [-0.25, -0.2) is 4.98 Å². The van der Waals surface area contributed by atoms with Crippen molar-refractivity contribution in [3.63, 3.8) is 0 Å². The highest BCUT2D eigenvalue weighted by atomic mass is 19.4. The van der Waals surface area contributed by atoms with E-state index in [1.54, 1.807) is 0 Å². The number of aliphatic hydroxyl groups is 2. The molecule has 6 N–H and O–H groups in total. The van der Waals surface area contributed by atoms with E-state index in [1.165, 1.54) is 24.4 Å². The highest BCUT2D eigenvalue weighted by Crippen LogP contribution is 2.28. The first-order valence-corrected chi connectivity index (χ1v) is 7.43. The van der Waals surface area contributed by atoms with Crippen molar-refractivity contribution in [2.24, 2.45) is 5.73 Å². The number of aliphatic hydroxyl groups excluding tert-OH is 2. The molecule has 1 heterocycles. The predicted molar refractivity (Wildman–Crippen MR) is 88.6 cm³/mol. The minimum absolute atomic E-state index is 0.0277. The maximum Gasteiger partial charge on any atom is 0.573 e. The van der Waals surface area contributed by atoms with E-state index in [-0.39, 0.29) is 35.0 Å². The standard InChI is InChI=1S/C16H17F3N4O3/c17-16(18,19)26-10-3-1-9(2-4-10)23-15-14(12(21)7-20)11(5-6-22-15)13(25)8-24/h1-6,13,21,24-25H,7-8,20H2,(H,22,23). The average Bonchev–Trinajstić information content (AvgIpc) is 2.60. The maximum absolute atomic E-state index is 12.2. The van der Waals surface area contributed by atoms with Gasteiger partial charge in [-0.1, -0.05) is 0 Å². The van der Waals surface area contributed by atoms with Crippen LogP contribution in [-0.2, 0) is 0 Å². The van der Waals surface area contributed by atoms with Gasteiger partial charge in [0.25, 0.3) is 0 Å². The molecule has 0 spiro atoms. The Labute approximate surface area is 146 Å². The Morgan fingerprint density at radius 1 is 1.27 bits per heavy atom. The molecule has 140 valence electrons. The second kappa shape index (κ2) is 8.13. The first-order valence-electron chi connectivity index (χ1n) is 7.43. The molecule has 0 amide bonds. The molecule has 7 nitrogen and oxygen atoms in total. The number of nitrogens with two attached hydrogens (primary N) is 1. The molecule has 1 atom stereocenters. The van der Waals surface area contributed by atoms with E-state index in [4.69, 9.17) is 11.1 Å². The number of pyridine rings is 1. The number of hydrogen-bond donors (Lipinski definition) is 5. The van der Waals surface area contributed by atoms with Crippen molar-refractivity contribution in [2.45, 2.75) is 12.5 Å². The number of nitrogens with zero attached hydrogens (tertiary/aromatic N) is 1. The number of ether oxygens (including phenoxy) is 1. The van der Waals surface area contributed by atoms with E-state index in [0.29, 0.717) is 5.69 Å². The minimum atomic E-state index is -4.78. The topological polar surface area (TPSA) is 124 Å². The van der Waals surface area contributed by atoms with Crippen molar-refractivity contribution in [1.82, 2.24) is 4.98 Å². The SMILES string of the molecule is N=C(CN)c1c(C(O)CO)ccnc1Nc1ccc(OC(F)(F)F)cc1. The van der Waals surface area contributed by atoms with Crippen LogP contribution in [0, 0.1) is 5.41 Å². The van der Waals surface area contributed by atoms with Gasteiger partial charge in [0.15, 0.2) is 0 Å². The molecule has 0 bridgehead atoms. The number of aromatic nitrogens is 1. The molecule has 0 aliphatic rings. The van der Waals surface area contributed by atoms with E-state index in [2.05, 4.69) is 15.0 Å². The lowest BCUT2D eigenvalue weighted by molar-refractivity contribution is -0.274. The molecule has 0 aliphatic carbocycles. The Bertz CT molecular complexity index is 766. The summed E-state index contributed by atoms with van der Waals surface area (Å²) in [6.07, 6.45) is -4.65. The van der Waals surface area contributed by atoms with Crippen LogP contribution in [0.3, 0.4) is 0 Å². The van der Waals surface area contributed by atoms with Crippen molar-refractivity contribution in [3.8, 4) is 5.75 Å². The smallest absolute Gasteiger partial charge is 0.406 e. The van der Waals surface area contributed by atoms with E-state index in [9.17, 15) is 23.4 Å². The number of alkyl halides is 3. The van der Waals surface area contributed by atoms with Crippen LogP contribution in [0.5, 0.6) is 5.75 Å². The summed E-state index contributed by atoms with van der Waals surface area (Å²) in [6, 6.07) is 6.37. The summed E-state index contributed by atoms with van der Waals surface area (Å²) < 4.78 is 40.4.